The summed E-state index contributed by atoms with van der Waals surface area (Å²) in [4.78, 5) is 0. The van der Waals surface area contributed by atoms with Gasteiger partial charge in [-0.25, -0.2) is 0 Å². The van der Waals surface area contributed by atoms with E-state index in [0.717, 1.165) is 23.0 Å². The van der Waals surface area contributed by atoms with Gasteiger partial charge in [0, 0.05) is 6.04 Å². The molecule has 2 aromatic rings. The number of ether oxygens (including phenoxy) is 2. The third-order valence-corrected chi connectivity index (χ3v) is 2.92. The molecule has 0 saturated carbocycles. The Balaban J connectivity index is 2.12. The summed E-state index contributed by atoms with van der Waals surface area (Å²) in [5, 5.41) is 0. The molecule has 2 unspecified atom stereocenters. The van der Waals surface area contributed by atoms with Crippen molar-refractivity contribution in [2.45, 2.75) is 32.9 Å². The van der Waals surface area contributed by atoms with Crippen LogP contribution in [-0.4, -0.2) is 12.6 Å². The molecule has 0 fully saturated rings. The quantitative estimate of drug-likeness (QED) is 0.877. The van der Waals surface area contributed by atoms with Crippen LogP contribution in [0.1, 0.15) is 31.5 Å². The fourth-order valence-corrected chi connectivity index (χ4v) is 1.96. The second kappa shape index (κ2) is 6.48. The summed E-state index contributed by atoms with van der Waals surface area (Å²) in [6, 6.07) is 11.1. The predicted molar refractivity (Wildman–Crippen MR) is 78.1 cm³/mol. The molecule has 4 nitrogen and oxygen atoms in total. The number of benzene rings is 1. The standard InChI is InChI=1S/C16H21NO3/c1-4-18-13-6-8-14(9-7-13)20-16(12(3)17)15-10-5-11(2)19-15/h5-10,12,16H,4,17H2,1-3H3. The SMILES string of the molecule is CCOc1ccc(OC(c2ccc(C)o2)C(C)N)cc1. The average molecular weight is 275 g/mol. The first-order chi connectivity index (χ1) is 9.60. The monoisotopic (exact) mass is 275 g/mol. The number of hydrogen-bond acceptors (Lipinski definition) is 4. The molecule has 0 aliphatic heterocycles. The Labute approximate surface area is 119 Å². The largest absolute Gasteiger partial charge is 0.494 e. The van der Waals surface area contributed by atoms with Gasteiger partial charge in [0.15, 0.2) is 6.10 Å². The van der Waals surface area contributed by atoms with Gasteiger partial charge in [0.25, 0.3) is 0 Å². The van der Waals surface area contributed by atoms with E-state index in [1.807, 2.05) is 57.2 Å². The second-order valence-electron chi connectivity index (χ2n) is 4.75. The molecule has 2 rings (SSSR count). The molecule has 1 aromatic heterocycles. The van der Waals surface area contributed by atoms with Gasteiger partial charge in [-0.3, -0.25) is 0 Å². The molecule has 1 aromatic carbocycles. The minimum absolute atomic E-state index is 0.174. The van der Waals surface area contributed by atoms with Crippen molar-refractivity contribution in [3.63, 3.8) is 0 Å². The highest BCUT2D eigenvalue weighted by atomic mass is 16.5. The van der Waals surface area contributed by atoms with Crippen LogP contribution in [0.15, 0.2) is 40.8 Å². The maximum absolute atomic E-state index is 5.99. The summed E-state index contributed by atoms with van der Waals surface area (Å²) in [6.07, 6.45) is -0.304. The lowest BCUT2D eigenvalue weighted by Crippen LogP contribution is -2.28. The van der Waals surface area contributed by atoms with Gasteiger partial charge in [0.2, 0.25) is 0 Å². The van der Waals surface area contributed by atoms with Crippen molar-refractivity contribution >= 4 is 0 Å². The van der Waals surface area contributed by atoms with Crippen LogP contribution in [0.5, 0.6) is 11.5 Å². The number of hydrogen-bond donors (Lipinski definition) is 1. The van der Waals surface area contributed by atoms with E-state index in [9.17, 15) is 0 Å². The Hall–Kier alpha value is -1.94. The minimum atomic E-state index is -0.304. The Morgan fingerprint density at radius 3 is 2.25 bits per heavy atom. The van der Waals surface area contributed by atoms with Crippen LogP contribution in [0.4, 0.5) is 0 Å². The zero-order valence-corrected chi connectivity index (χ0v) is 12.1. The first-order valence-corrected chi connectivity index (χ1v) is 6.81. The second-order valence-corrected chi connectivity index (χ2v) is 4.75. The van der Waals surface area contributed by atoms with Gasteiger partial charge in [-0.05, 0) is 57.2 Å². The highest BCUT2D eigenvalue weighted by Gasteiger charge is 2.21. The van der Waals surface area contributed by atoms with Gasteiger partial charge in [-0.1, -0.05) is 0 Å². The lowest BCUT2D eigenvalue weighted by Gasteiger charge is -2.20. The molecule has 0 bridgehead atoms. The molecule has 4 heteroatoms. The molecule has 0 aliphatic rings. The zero-order valence-electron chi connectivity index (χ0n) is 12.1. The molecule has 1 heterocycles. The van der Waals surface area contributed by atoms with Gasteiger partial charge < -0.3 is 19.6 Å². The third-order valence-electron chi connectivity index (χ3n) is 2.92. The molecular weight excluding hydrogens is 254 g/mol. The van der Waals surface area contributed by atoms with Crippen molar-refractivity contribution in [2.24, 2.45) is 5.73 Å². The van der Waals surface area contributed by atoms with Crippen molar-refractivity contribution in [1.29, 1.82) is 0 Å². The van der Waals surface area contributed by atoms with Crippen molar-refractivity contribution in [2.75, 3.05) is 6.61 Å². The normalized spacial score (nSPS) is 13.8. The molecule has 0 radical (unpaired) electrons. The van der Waals surface area contributed by atoms with Gasteiger partial charge >= 0.3 is 0 Å². The molecule has 108 valence electrons. The smallest absolute Gasteiger partial charge is 0.171 e. The average Bonchev–Trinajstić information content (AvgIpc) is 2.84. The fraction of sp³-hybridized carbons (Fsp3) is 0.375. The van der Waals surface area contributed by atoms with Gasteiger partial charge in [0.1, 0.15) is 23.0 Å². The summed E-state index contributed by atoms with van der Waals surface area (Å²) < 4.78 is 16.9. The molecular formula is C16H21NO3. The Morgan fingerprint density at radius 1 is 1.10 bits per heavy atom. The van der Waals surface area contributed by atoms with E-state index in [1.165, 1.54) is 0 Å². The molecule has 0 amide bonds. The van der Waals surface area contributed by atoms with Gasteiger partial charge in [-0.15, -0.1) is 0 Å². The maximum Gasteiger partial charge on any atom is 0.171 e. The molecule has 0 aliphatic carbocycles. The van der Waals surface area contributed by atoms with Crippen LogP contribution in [0, 0.1) is 6.92 Å². The first kappa shape index (κ1) is 14.5. The molecule has 2 atom stereocenters. The molecule has 0 saturated heterocycles. The van der Waals surface area contributed by atoms with E-state index in [4.69, 9.17) is 19.6 Å². The maximum atomic E-state index is 5.99. The zero-order chi connectivity index (χ0) is 14.5. The van der Waals surface area contributed by atoms with E-state index >= 15 is 0 Å². The predicted octanol–water partition coefficient (Wildman–Crippen LogP) is 3.45. The topological polar surface area (TPSA) is 57.6 Å². The molecule has 0 spiro atoms. The van der Waals surface area contributed by atoms with E-state index < -0.39 is 0 Å². The Bertz CT molecular complexity index is 531. The van der Waals surface area contributed by atoms with Crippen LogP contribution in [-0.2, 0) is 0 Å². The van der Waals surface area contributed by atoms with Crippen LogP contribution in [0.25, 0.3) is 0 Å². The van der Waals surface area contributed by atoms with Crippen molar-refractivity contribution < 1.29 is 13.9 Å². The van der Waals surface area contributed by atoms with Gasteiger partial charge in [0.05, 0.1) is 6.61 Å². The summed E-state index contributed by atoms with van der Waals surface area (Å²) >= 11 is 0. The van der Waals surface area contributed by atoms with E-state index in [-0.39, 0.29) is 12.1 Å². The summed E-state index contributed by atoms with van der Waals surface area (Å²) in [5.41, 5.74) is 5.99. The molecule has 20 heavy (non-hydrogen) atoms. The Kier molecular flexibility index (Phi) is 4.69. The van der Waals surface area contributed by atoms with E-state index in [0.29, 0.717) is 6.61 Å². The summed E-state index contributed by atoms with van der Waals surface area (Å²) in [7, 11) is 0. The van der Waals surface area contributed by atoms with Crippen LogP contribution in [0.3, 0.4) is 0 Å². The first-order valence-electron chi connectivity index (χ1n) is 6.81. The lowest BCUT2D eigenvalue weighted by atomic mass is 10.1. The van der Waals surface area contributed by atoms with Gasteiger partial charge in [-0.2, -0.15) is 0 Å². The summed E-state index contributed by atoms with van der Waals surface area (Å²) in [5.74, 6) is 3.16. The number of nitrogens with two attached hydrogens (primary N) is 1. The number of rotatable bonds is 6. The van der Waals surface area contributed by atoms with Crippen LogP contribution in [0.2, 0.25) is 0 Å². The highest BCUT2D eigenvalue weighted by Crippen LogP contribution is 2.27. The van der Waals surface area contributed by atoms with Crippen LogP contribution >= 0.6 is 0 Å². The lowest BCUT2D eigenvalue weighted by molar-refractivity contribution is 0.151. The number of aryl methyl sites for hydroxylation is 1. The fourth-order valence-electron chi connectivity index (χ4n) is 1.96. The molecule has 2 N–H and O–H groups in total. The van der Waals surface area contributed by atoms with E-state index in [1.54, 1.807) is 0 Å². The summed E-state index contributed by atoms with van der Waals surface area (Å²) in [6.45, 7) is 6.40. The van der Waals surface area contributed by atoms with Crippen molar-refractivity contribution in [3.8, 4) is 11.5 Å². The van der Waals surface area contributed by atoms with Crippen LogP contribution < -0.4 is 15.2 Å². The van der Waals surface area contributed by atoms with E-state index in [2.05, 4.69) is 0 Å². The number of furan rings is 1. The van der Waals surface area contributed by atoms with Crippen molar-refractivity contribution in [1.82, 2.24) is 0 Å². The highest BCUT2D eigenvalue weighted by molar-refractivity contribution is 5.31. The third kappa shape index (κ3) is 3.54. The Morgan fingerprint density at radius 2 is 1.75 bits per heavy atom. The minimum Gasteiger partial charge on any atom is -0.494 e. The van der Waals surface area contributed by atoms with Crippen molar-refractivity contribution in [3.05, 3.63) is 47.9 Å².